The Hall–Kier alpha value is -2.58. The summed E-state index contributed by atoms with van der Waals surface area (Å²) in [5.41, 5.74) is 5.47. The third-order valence-electron chi connectivity index (χ3n) is 5.09. The Kier molecular flexibility index (Phi) is 5.23. The van der Waals surface area contributed by atoms with E-state index in [1.807, 2.05) is 17.8 Å². The Bertz CT molecular complexity index is 1050. The number of nitrogens with one attached hydrogen (secondary N) is 1. The summed E-state index contributed by atoms with van der Waals surface area (Å²) >= 11 is 5.35. The maximum atomic E-state index is 5.73. The average molecular weight is 397 g/mol. The molecular formula is C20H24N6OS. The average Bonchev–Trinajstić information content (AvgIpc) is 3.38. The highest BCUT2D eigenvalue weighted by atomic mass is 32.1. The largest absolute Gasteiger partial charge is 0.370 e. The summed E-state index contributed by atoms with van der Waals surface area (Å²) in [6.45, 7) is 7.62. The van der Waals surface area contributed by atoms with Crippen molar-refractivity contribution in [2.24, 2.45) is 5.10 Å². The second-order valence-corrected chi connectivity index (χ2v) is 7.56. The van der Waals surface area contributed by atoms with Gasteiger partial charge in [0.05, 0.1) is 18.5 Å². The Morgan fingerprint density at radius 2 is 2.07 bits per heavy atom. The summed E-state index contributed by atoms with van der Waals surface area (Å²) in [6, 6.07) is 8.52. The van der Waals surface area contributed by atoms with Crippen LogP contribution in [0.2, 0.25) is 0 Å². The van der Waals surface area contributed by atoms with Crippen LogP contribution in [0.5, 0.6) is 0 Å². The van der Waals surface area contributed by atoms with E-state index in [1.54, 1.807) is 4.68 Å². The van der Waals surface area contributed by atoms with E-state index in [4.69, 9.17) is 22.1 Å². The zero-order valence-electron chi connectivity index (χ0n) is 16.3. The summed E-state index contributed by atoms with van der Waals surface area (Å²) in [5.74, 6) is 0.723. The Morgan fingerprint density at radius 1 is 1.29 bits per heavy atom. The monoisotopic (exact) mass is 396 g/mol. The predicted octanol–water partition coefficient (Wildman–Crippen LogP) is 3.84. The minimum atomic E-state index is -0.0587. The number of benzene rings is 1. The number of aromatic amines is 1. The van der Waals surface area contributed by atoms with Crippen molar-refractivity contribution in [2.75, 3.05) is 6.61 Å². The third kappa shape index (κ3) is 3.70. The molecule has 0 aliphatic carbocycles. The van der Waals surface area contributed by atoms with Gasteiger partial charge in [-0.3, -0.25) is 9.78 Å². The van der Waals surface area contributed by atoms with Crippen molar-refractivity contribution >= 4 is 18.4 Å². The molecule has 0 radical (unpaired) electrons. The van der Waals surface area contributed by atoms with E-state index in [-0.39, 0.29) is 6.10 Å². The molecule has 8 heteroatoms. The van der Waals surface area contributed by atoms with Crippen LogP contribution in [-0.2, 0) is 11.3 Å². The van der Waals surface area contributed by atoms with Crippen molar-refractivity contribution in [1.29, 1.82) is 0 Å². The molecule has 0 spiro atoms. The van der Waals surface area contributed by atoms with Crippen molar-refractivity contribution in [1.82, 2.24) is 24.7 Å². The molecule has 0 saturated carbocycles. The molecular weight excluding hydrogens is 372 g/mol. The quantitative estimate of drug-likeness (QED) is 0.525. The number of nitrogens with zero attached hydrogens (tertiary/aromatic N) is 5. The normalized spacial score (nSPS) is 17.0. The first kappa shape index (κ1) is 18.8. The van der Waals surface area contributed by atoms with E-state index >= 15 is 0 Å². The molecule has 1 N–H and O–H groups in total. The number of hydrogen-bond acceptors (Lipinski definition) is 5. The van der Waals surface area contributed by atoms with Gasteiger partial charge in [-0.25, -0.2) is 0 Å². The summed E-state index contributed by atoms with van der Waals surface area (Å²) in [5, 5.41) is 16.4. The second-order valence-electron chi connectivity index (χ2n) is 7.17. The predicted molar refractivity (Wildman–Crippen MR) is 110 cm³/mol. The molecule has 0 bridgehead atoms. The highest BCUT2D eigenvalue weighted by Crippen LogP contribution is 2.27. The summed E-state index contributed by atoms with van der Waals surface area (Å²) in [6.07, 6.45) is 3.71. The lowest BCUT2D eigenvalue weighted by Crippen LogP contribution is -2.06. The standard InChI is InChI=1S/C20H24N6OS/c1-13-6-8-16(9-7-13)12-25-15(3)17(14(2)24-25)11-21-26-19(22-23-20(26)28)18-5-4-10-27-18/h6-9,11,18H,4-5,10,12H2,1-3H3,(H,23,28)/b21-11+/t18-/m1/s1. The van der Waals surface area contributed by atoms with Gasteiger partial charge in [0.2, 0.25) is 4.77 Å². The molecule has 0 amide bonds. The Labute approximate surface area is 169 Å². The van der Waals surface area contributed by atoms with Crippen LogP contribution in [0, 0.1) is 25.5 Å². The van der Waals surface area contributed by atoms with Crippen molar-refractivity contribution in [2.45, 2.75) is 46.3 Å². The first-order chi connectivity index (χ1) is 13.5. The van der Waals surface area contributed by atoms with Gasteiger partial charge in [-0.15, -0.1) is 0 Å². The van der Waals surface area contributed by atoms with Crippen molar-refractivity contribution < 1.29 is 4.74 Å². The van der Waals surface area contributed by atoms with Crippen LogP contribution in [0.4, 0.5) is 0 Å². The van der Waals surface area contributed by atoms with Crippen LogP contribution in [-0.4, -0.2) is 37.5 Å². The summed E-state index contributed by atoms with van der Waals surface area (Å²) in [4.78, 5) is 0. The number of hydrogen-bond donors (Lipinski definition) is 1. The van der Waals surface area contributed by atoms with Crippen LogP contribution >= 0.6 is 12.2 Å². The molecule has 146 valence electrons. The van der Waals surface area contributed by atoms with E-state index in [9.17, 15) is 0 Å². The molecule has 7 nitrogen and oxygen atoms in total. The van der Waals surface area contributed by atoms with E-state index in [1.165, 1.54) is 11.1 Å². The Balaban J connectivity index is 1.60. The molecule has 1 aliphatic rings. The zero-order chi connectivity index (χ0) is 19.7. The van der Waals surface area contributed by atoms with Crippen molar-refractivity contribution in [3.8, 4) is 0 Å². The number of aryl methyl sites for hydroxylation is 2. The fourth-order valence-electron chi connectivity index (χ4n) is 3.44. The molecule has 4 rings (SSSR count). The SMILES string of the molecule is Cc1ccc(Cn2nc(C)c(/C=N/n3c([C@H]4CCCO4)n[nH]c3=S)c2C)cc1. The zero-order valence-corrected chi connectivity index (χ0v) is 17.2. The van der Waals surface area contributed by atoms with Gasteiger partial charge in [0.1, 0.15) is 6.10 Å². The maximum absolute atomic E-state index is 5.73. The molecule has 0 unspecified atom stereocenters. The second kappa shape index (κ2) is 7.81. The summed E-state index contributed by atoms with van der Waals surface area (Å²) in [7, 11) is 0. The van der Waals surface area contributed by atoms with Gasteiger partial charge in [0.25, 0.3) is 0 Å². The topological polar surface area (TPSA) is 73.0 Å². The first-order valence-electron chi connectivity index (χ1n) is 9.46. The highest BCUT2D eigenvalue weighted by Gasteiger charge is 2.23. The minimum Gasteiger partial charge on any atom is -0.370 e. The van der Waals surface area contributed by atoms with Gasteiger partial charge in [0.15, 0.2) is 5.82 Å². The number of rotatable bonds is 5. The van der Waals surface area contributed by atoms with Crippen LogP contribution < -0.4 is 0 Å². The third-order valence-corrected chi connectivity index (χ3v) is 5.35. The number of ether oxygens (including phenoxy) is 1. The fourth-order valence-corrected chi connectivity index (χ4v) is 3.62. The Morgan fingerprint density at radius 3 is 2.79 bits per heavy atom. The lowest BCUT2D eigenvalue weighted by atomic mass is 10.1. The molecule has 28 heavy (non-hydrogen) atoms. The molecule has 1 atom stereocenters. The fraction of sp³-hybridized carbons (Fsp3) is 0.400. The van der Waals surface area contributed by atoms with Gasteiger partial charge in [-0.1, -0.05) is 29.8 Å². The van der Waals surface area contributed by atoms with E-state index < -0.39 is 0 Å². The van der Waals surface area contributed by atoms with Crippen LogP contribution in [0.25, 0.3) is 0 Å². The minimum absolute atomic E-state index is 0.0587. The van der Waals surface area contributed by atoms with Gasteiger partial charge >= 0.3 is 0 Å². The number of aromatic nitrogens is 5. The van der Waals surface area contributed by atoms with Crippen LogP contribution in [0.3, 0.4) is 0 Å². The van der Waals surface area contributed by atoms with Gasteiger partial charge in [0, 0.05) is 17.9 Å². The molecule has 3 aromatic rings. The van der Waals surface area contributed by atoms with Gasteiger partial charge in [-0.05, 0) is 51.4 Å². The van der Waals surface area contributed by atoms with Gasteiger partial charge < -0.3 is 4.74 Å². The van der Waals surface area contributed by atoms with E-state index in [2.05, 4.69) is 53.4 Å². The molecule has 1 saturated heterocycles. The van der Waals surface area contributed by atoms with Crippen LogP contribution in [0.1, 0.15) is 52.8 Å². The maximum Gasteiger partial charge on any atom is 0.216 e. The first-order valence-corrected chi connectivity index (χ1v) is 9.86. The lowest BCUT2D eigenvalue weighted by molar-refractivity contribution is 0.102. The smallest absolute Gasteiger partial charge is 0.216 e. The van der Waals surface area contributed by atoms with Gasteiger partial charge in [-0.2, -0.15) is 20.0 Å². The highest BCUT2D eigenvalue weighted by molar-refractivity contribution is 7.71. The molecule has 1 aliphatic heterocycles. The van der Waals surface area contributed by atoms with Crippen molar-refractivity contribution in [3.63, 3.8) is 0 Å². The number of H-pyrrole nitrogens is 1. The van der Waals surface area contributed by atoms with Crippen molar-refractivity contribution in [3.05, 3.63) is 62.9 Å². The molecule has 1 fully saturated rings. The summed E-state index contributed by atoms with van der Waals surface area (Å²) < 4.78 is 9.86. The molecule has 3 heterocycles. The lowest BCUT2D eigenvalue weighted by Gasteiger charge is -2.07. The van der Waals surface area contributed by atoms with Crippen LogP contribution in [0.15, 0.2) is 29.4 Å². The van der Waals surface area contributed by atoms with E-state index in [0.717, 1.165) is 48.8 Å². The molecule has 1 aromatic carbocycles. The van der Waals surface area contributed by atoms with E-state index in [0.29, 0.717) is 4.77 Å². The molecule has 2 aromatic heterocycles.